The Morgan fingerprint density at radius 3 is 2.62 bits per heavy atom. The number of hydrogen-bond donors (Lipinski definition) is 1. The predicted octanol–water partition coefficient (Wildman–Crippen LogP) is 5.31. The van der Waals surface area contributed by atoms with E-state index in [9.17, 15) is 15.2 Å². The number of phenolic OH excluding ortho intramolecular Hbond substituents is 1. The molecule has 6 heteroatoms. The molecule has 0 saturated heterocycles. The highest BCUT2D eigenvalue weighted by molar-refractivity contribution is 14.1. The van der Waals surface area contributed by atoms with Crippen LogP contribution < -0.4 is 4.74 Å². The van der Waals surface area contributed by atoms with E-state index >= 15 is 0 Å². The Kier molecular flexibility index (Phi) is 4.67. The third-order valence-electron chi connectivity index (χ3n) is 4.32. The van der Waals surface area contributed by atoms with E-state index in [4.69, 9.17) is 4.74 Å². The highest BCUT2D eigenvalue weighted by Gasteiger charge is 2.28. The molecule has 0 aromatic heterocycles. The molecule has 0 unspecified atom stereocenters. The summed E-state index contributed by atoms with van der Waals surface area (Å²) in [7, 11) is 0. The van der Waals surface area contributed by atoms with E-state index in [1.807, 2.05) is 19.9 Å². The van der Waals surface area contributed by atoms with Gasteiger partial charge in [0.2, 0.25) is 0 Å². The molecule has 24 heavy (non-hydrogen) atoms. The van der Waals surface area contributed by atoms with Gasteiger partial charge in [0.05, 0.1) is 8.49 Å². The molecular weight excluding hydrogens is 421 g/mol. The molecule has 2 aromatic rings. The van der Waals surface area contributed by atoms with Crippen LogP contribution in [-0.4, -0.2) is 10.0 Å². The minimum absolute atomic E-state index is 0.176. The number of nitro groups is 1. The fourth-order valence-corrected chi connectivity index (χ4v) is 3.87. The number of rotatable bonds is 4. The average molecular weight is 439 g/mol. The van der Waals surface area contributed by atoms with Crippen molar-refractivity contribution in [2.45, 2.75) is 39.0 Å². The third kappa shape index (κ3) is 3.07. The molecule has 1 aliphatic rings. The molecule has 0 radical (unpaired) electrons. The van der Waals surface area contributed by atoms with Gasteiger partial charge in [-0.1, -0.05) is 13.8 Å². The van der Waals surface area contributed by atoms with Crippen molar-refractivity contribution >= 4 is 28.3 Å². The highest BCUT2D eigenvalue weighted by atomic mass is 127. The van der Waals surface area contributed by atoms with Gasteiger partial charge in [0, 0.05) is 22.8 Å². The van der Waals surface area contributed by atoms with Crippen molar-refractivity contribution in [2.24, 2.45) is 0 Å². The van der Waals surface area contributed by atoms with Gasteiger partial charge in [0.15, 0.2) is 0 Å². The fraction of sp³-hybridized carbons (Fsp3) is 0.333. The lowest BCUT2D eigenvalue weighted by molar-refractivity contribution is -0.385. The number of nitrogens with zero attached hydrogens (tertiary/aromatic N) is 1. The van der Waals surface area contributed by atoms with Crippen molar-refractivity contribution in [1.29, 1.82) is 0 Å². The van der Waals surface area contributed by atoms with E-state index < -0.39 is 0 Å². The normalized spacial score (nSPS) is 13.2. The van der Waals surface area contributed by atoms with Gasteiger partial charge in [0.1, 0.15) is 17.2 Å². The number of benzene rings is 2. The lowest BCUT2D eigenvalue weighted by Crippen LogP contribution is -2.00. The van der Waals surface area contributed by atoms with E-state index in [0.717, 1.165) is 33.1 Å². The third-order valence-corrected chi connectivity index (χ3v) is 5.12. The molecule has 0 bridgehead atoms. The number of halogens is 1. The molecule has 0 spiro atoms. The zero-order valence-electron chi connectivity index (χ0n) is 13.5. The minimum atomic E-state index is -0.312. The topological polar surface area (TPSA) is 72.6 Å². The van der Waals surface area contributed by atoms with Gasteiger partial charge < -0.3 is 9.84 Å². The number of aromatic hydroxyl groups is 1. The minimum Gasteiger partial charge on any atom is -0.508 e. The van der Waals surface area contributed by atoms with Crippen LogP contribution in [0.2, 0.25) is 0 Å². The summed E-state index contributed by atoms with van der Waals surface area (Å²) in [6, 6.07) is 6.77. The smallest absolute Gasteiger partial charge is 0.274 e. The average Bonchev–Trinajstić information content (AvgIpc) is 3.00. The maximum Gasteiger partial charge on any atom is 0.274 e. The summed E-state index contributed by atoms with van der Waals surface area (Å²) in [5.41, 5.74) is 2.74. The lowest BCUT2D eigenvalue weighted by atomic mass is 10.0. The van der Waals surface area contributed by atoms with Crippen LogP contribution in [0, 0.1) is 13.7 Å². The molecule has 0 atom stereocenters. The molecule has 0 amide bonds. The van der Waals surface area contributed by atoms with Crippen LogP contribution in [0.25, 0.3) is 0 Å². The Balaban J connectivity index is 2.04. The van der Waals surface area contributed by atoms with Crippen LogP contribution in [-0.2, 0) is 12.8 Å². The van der Waals surface area contributed by atoms with E-state index in [0.29, 0.717) is 17.9 Å². The van der Waals surface area contributed by atoms with Crippen molar-refractivity contribution in [3.63, 3.8) is 0 Å². The Hall–Kier alpha value is -1.83. The van der Waals surface area contributed by atoms with E-state index in [1.54, 1.807) is 18.2 Å². The number of ether oxygens (including phenoxy) is 1. The predicted molar refractivity (Wildman–Crippen MR) is 100 cm³/mol. The van der Waals surface area contributed by atoms with Gasteiger partial charge in [-0.15, -0.1) is 0 Å². The maximum atomic E-state index is 11.3. The molecule has 1 aliphatic carbocycles. The summed E-state index contributed by atoms with van der Waals surface area (Å²) >= 11 is 2.09. The van der Waals surface area contributed by atoms with Crippen LogP contribution in [0.15, 0.2) is 24.3 Å². The van der Waals surface area contributed by atoms with Crippen LogP contribution in [0.1, 0.15) is 42.9 Å². The SMILES string of the molecule is CC(C)c1cc(Oc2c(I)cc([N+](=O)[O-])c3c2CCC3)ccc1O. The summed E-state index contributed by atoms with van der Waals surface area (Å²) in [5.74, 6) is 1.77. The molecule has 3 rings (SSSR count). The van der Waals surface area contributed by atoms with Gasteiger partial charge >= 0.3 is 0 Å². The zero-order chi connectivity index (χ0) is 17.4. The van der Waals surface area contributed by atoms with Gasteiger partial charge in [-0.3, -0.25) is 10.1 Å². The standard InChI is InChI=1S/C18H18INO4/c1-10(2)14-8-11(6-7-17(14)21)24-18-13-5-3-4-12(13)16(20(22)23)9-15(18)19/h6-10,21H,3-5H2,1-2H3. The van der Waals surface area contributed by atoms with Gasteiger partial charge in [-0.25, -0.2) is 0 Å². The van der Waals surface area contributed by atoms with Crippen molar-refractivity contribution in [3.05, 3.63) is 54.6 Å². The second-order valence-electron chi connectivity index (χ2n) is 6.25. The van der Waals surface area contributed by atoms with E-state index in [-0.39, 0.29) is 22.3 Å². The second-order valence-corrected chi connectivity index (χ2v) is 7.41. The second kappa shape index (κ2) is 6.58. The zero-order valence-corrected chi connectivity index (χ0v) is 15.7. The van der Waals surface area contributed by atoms with Crippen molar-refractivity contribution < 1.29 is 14.8 Å². The monoisotopic (exact) mass is 439 g/mol. The highest BCUT2D eigenvalue weighted by Crippen LogP contribution is 2.42. The quantitative estimate of drug-likeness (QED) is 0.398. The molecule has 0 saturated carbocycles. The summed E-state index contributed by atoms with van der Waals surface area (Å²) in [6.07, 6.45) is 2.41. The van der Waals surface area contributed by atoms with Crippen LogP contribution in [0.4, 0.5) is 5.69 Å². The first-order valence-corrected chi connectivity index (χ1v) is 8.95. The fourth-order valence-electron chi connectivity index (χ4n) is 3.14. The molecule has 0 fully saturated rings. The van der Waals surface area contributed by atoms with Gasteiger partial charge in [0.25, 0.3) is 5.69 Å². The summed E-state index contributed by atoms with van der Waals surface area (Å²) in [6.45, 7) is 4.01. The number of hydrogen-bond acceptors (Lipinski definition) is 4. The maximum absolute atomic E-state index is 11.3. The molecule has 126 valence electrons. The van der Waals surface area contributed by atoms with Gasteiger partial charge in [-0.05, 0) is 66.0 Å². The molecule has 1 N–H and O–H groups in total. The number of nitro benzene ring substituents is 1. The van der Waals surface area contributed by atoms with Crippen LogP contribution in [0.5, 0.6) is 17.2 Å². The lowest BCUT2D eigenvalue weighted by Gasteiger charge is -2.15. The summed E-state index contributed by atoms with van der Waals surface area (Å²) in [4.78, 5) is 11.0. The molecule has 2 aromatic carbocycles. The van der Waals surface area contributed by atoms with E-state index in [1.165, 1.54) is 0 Å². The Bertz CT molecular complexity index is 817. The van der Waals surface area contributed by atoms with E-state index in [2.05, 4.69) is 22.6 Å². The largest absolute Gasteiger partial charge is 0.508 e. The van der Waals surface area contributed by atoms with Gasteiger partial charge in [-0.2, -0.15) is 0 Å². The Labute approximate surface area is 153 Å². The molecule has 0 aliphatic heterocycles. The first kappa shape index (κ1) is 17.0. The summed E-state index contributed by atoms with van der Waals surface area (Å²) < 4.78 is 6.83. The Morgan fingerprint density at radius 2 is 1.96 bits per heavy atom. The molecule has 5 nitrogen and oxygen atoms in total. The molecular formula is C18H18INO4. The molecule has 0 heterocycles. The first-order valence-electron chi connectivity index (χ1n) is 7.88. The summed E-state index contributed by atoms with van der Waals surface area (Å²) in [5, 5.41) is 21.2. The first-order chi connectivity index (χ1) is 11.4. The van der Waals surface area contributed by atoms with Crippen molar-refractivity contribution in [1.82, 2.24) is 0 Å². The van der Waals surface area contributed by atoms with Crippen LogP contribution in [0.3, 0.4) is 0 Å². The van der Waals surface area contributed by atoms with Crippen LogP contribution >= 0.6 is 22.6 Å². The Morgan fingerprint density at radius 1 is 1.25 bits per heavy atom. The van der Waals surface area contributed by atoms with Crippen molar-refractivity contribution in [2.75, 3.05) is 0 Å². The number of phenols is 1. The van der Waals surface area contributed by atoms with Crippen molar-refractivity contribution in [3.8, 4) is 17.2 Å². The number of fused-ring (bicyclic) bond motifs is 1.